The highest BCUT2D eigenvalue weighted by atomic mass is 16.5. The van der Waals surface area contributed by atoms with Crippen molar-refractivity contribution in [3.8, 4) is 5.75 Å². The SMILES string of the molecule is COCCC(C)NCc1cccc2c1OC(C)(C)C2. The first kappa shape index (κ1) is 14.4. The van der Waals surface area contributed by atoms with Crippen molar-refractivity contribution in [3.05, 3.63) is 29.3 Å². The number of ether oxygens (including phenoxy) is 2. The van der Waals surface area contributed by atoms with Crippen molar-refractivity contribution in [2.45, 2.75) is 51.8 Å². The van der Waals surface area contributed by atoms with Gasteiger partial charge in [-0.05, 0) is 32.8 Å². The van der Waals surface area contributed by atoms with Gasteiger partial charge in [0.25, 0.3) is 0 Å². The van der Waals surface area contributed by atoms with Crippen LogP contribution in [0, 0.1) is 0 Å². The molecule has 1 N–H and O–H groups in total. The first-order valence-corrected chi connectivity index (χ1v) is 7.04. The van der Waals surface area contributed by atoms with Crippen molar-refractivity contribution in [3.63, 3.8) is 0 Å². The highest BCUT2D eigenvalue weighted by molar-refractivity contribution is 5.45. The van der Waals surface area contributed by atoms with Crippen LogP contribution < -0.4 is 10.1 Å². The molecule has 2 rings (SSSR count). The Kier molecular flexibility index (Phi) is 4.48. The lowest BCUT2D eigenvalue weighted by atomic mass is 10.0. The van der Waals surface area contributed by atoms with Crippen LogP contribution in [0.4, 0.5) is 0 Å². The summed E-state index contributed by atoms with van der Waals surface area (Å²) in [5, 5.41) is 3.53. The maximum atomic E-state index is 6.07. The summed E-state index contributed by atoms with van der Waals surface area (Å²) < 4.78 is 11.2. The summed E-state index contributed by atoms with van der Waals surface area (Å²) in [7, 11) is 1.74. The maximum absolute atomic E-state index is 6.07. The fourth-order valence-electron chi connectivity index (χ4n) is 2.50. The fraction of sp³-hybridized carbons (Fsp3) is 0.625. The van der Waals surface area contributed by atoms with E-state index in [0.29, 0.717) is 6.04 Å². The van der Waals surface area contributed by atoms with Gasteiger partial charge < -0.3 is 14.8 Å². The molecule has 0 aliphatic carbocycles. The summed E-state index contributed by atoms with van der Waals surface area (Å²) in [5.41, 5.74) is 2.52. The predicted molar refractivity (Wildman–Crippen MR) is 77.6 cm³/mol. The third-order valence-electron chi connectivity index (χ3n) is 3.57. The zero-order valence-electron chi connectivity index (χ0n) is 12.5. The predicted octanol–water partition coefficient (Wildman–Crippen LogP) is 2.91. The minimum atomic E-state index is -0.0693. The van der Waals surface area contributed by atoms with Gasteiger partial charge in [0, 0.05) is 38.3 Å². The van der Waals surface area contributed by atoms with Crippen molar-refractivity contribution in [2.75, 3.05) is 13.7 Å². The van der Waals surface area contributed by atoms with E-state index in [1.165, 1.54) is 11.1 Å². The van der Waals surface area contributed by atoms with Crippen molar-refractivity contribution in [2.24, 2.45) is 0 Å². The van der Waals surface area contributed by atoms with Crippen LogP contribution in [0.15, 0.2) is 18.2 Å². The molecule has 3 heteroatoms. The molecule has 1 aromatic rings. The van der Waals surface area contributed by atoms with Gasteiger partial charge in [0.1, 0.15) is 11.4 Å². The minimum absolute atomic E-state index is 0.0693. The average molecular weight is 263 g/mol. The smallest absolute Gasteiger partial charge is 0.127 e. The Morgan fingerprint density at radius 1 is 1.42 bits per heavy atom. The molecule has 19 heavy (non-hydrogen) atoms. The topological polar surface area (TPSA) is 30.5 Å². The second-order valence-corrected chi connectivity index (χ2v) is 6.01. The van der Waals surface area contributed by atoms with Gasteiger partial charge in [-0.1, -0.05) is 18.2 Å². The quantitative estimate of drug-likeness (QED) is 0.856. The summed E-state index contributed by atoms with van der Waals surface area (Å²) in [6.07, 6.45) is 2.02. The van der Waals surface area contributed by atoms with Gasteiger partial charge in [0.15, 0.2) is 0 Å². The van der Waals surface area contributed by atoms with Crippen LogP contribution in [0.25, 0.3) is 0 Å². The second-order valence-electron chi connectivity index (χ2n) is 6.01. The van der Waals surface area contributed by atoms with Crippen LogP contribution in [0.2, 0.25) is 0 Å². The van der Waals surface area contributed by atoms with Crippen LogP contribution in [0.5, 0.6) is 5.75 Å². The number of para-hydroxylation sites is 1. The van der Waals surface area contributed by atoms with Crippen LogP contribution >= 0.6 is 0 Å². The lowest BCUT2D eigenvalue weighted by Gasteiger charge is -2.19. The molecule has 0 spiro atoms. The molecule has 1 unspecified atom stereocenters. The molecule has 0 saturated carbocycles. The van der Waals surface area contributed by atoms with E-state index >= 15 is 0 Å². The molecular formula is C16H25NO2. The van der Waals surface area contributed by atoms with Gasteiger partial charge in [-0.2, -0.15) is 0 Å². The Balaban J connectivity index is 1.98. The monoisotopic (exact) mass is 263 g/mol. The first-order valence-electron chi connectivity index (χ1n) is 7.04. The van der Waals surface area contributed by atoms with Crippen LogP contribution in [-0.4, -0.2) is 25.4 Å². The maximum Gasteiger partial charge on any atom is 0.127 e. The molecule has 106 valence electrons. The highest BCUT2D eigenvalue weighted by Crippen LogP contribution is 2.37. The molecule has 0 fully saturated rings. The fourth-order valence-corrected chi connectivity index (χ4v) is 2.50. The second kappa shape index (κ2) is 5.93. The summed E-state index contributed by atoms with van der Waals surface area (Å²) in [6.45, 7) is 8.12. The molecule has 0 saturated heterocycles. The number of methoxy groups -OCH3 is 1. The normalized spacial score (nSPS) is 17.9. The summed E-state index contributed by atoms with van der Waals surface area (Å²) in [4.78, 5) is 0. The molecule has 1 aromatic carbocycles. The van der Waals surface area contributed by atoms with Gasteiger partial charge in [-0.15, -0.1) is 0 Å². The molecule has 1 heterocycles. The average Bonchev–Trinajstić information content (AvgIpc) is 2.68. The summed E-state index contributed by atoms with van der Waals surface area (Å²) in [6, 6.07) is 6.89. The number of fused-ring (bicyclic) bond motifs is 1. The van der Waals surface area contributed by atoms with Gasteiger partial charge in [-0.25, -0.2) is 0 Å². The summed E-state index contributed by atoms with van der Waals surface area (Å²) in [5.74, 6) is 1.08. The molecule has 1 aliphatic heterocycles. The standard InChI is InChI=1S/C16H25NO2/c1-12(8-9-18-4)17-11-14-7-5-6-13-10-16(2,3)19-15(13)14/h5-7,12,17H,8-11H2,1-4H3. The molecule has 1 aliphatic rings. The Morgan fingerprint density at radius 2 is 2.21 bits per heavy atom. The molecule has 0 amide bonds. The highest BCUT2D eigenvalue weighted by Gasteiger charge is 2.31. The third-order valence-corrected chi connectivity index (χ3v) is 3.57. The van der Waals surface area contributed by atoms with E-state index in [1.807, 2.05) is 0 Å². The van der Waals surface area contributed by atoms with Crippen molar-refractivity contribution < 1.29 is 9.47 Å². The van der Waals surface area contributed by atoms with Crippen LogP contribution in [-0.2, 0) is 17.7 Å². The lowest BCUT2D eigenvalue weighted by Crippen LogP contribution is -2.27. The van der Waals surface area contributed by atoms with E-state index in [0.717, 1.165) is 31.7 Å². The van der Waals surface area contributed by atoms with Crippen molar-refractivity contribution >= 4 is 0 Å². The van der Waals surface area contributed by atoms with Gasteiger partial charge >= 0.3 is 0 Å². The number of benzene rings is 1. The number of hydrogen-bond donors (Lipinski definition) is 1. The van der Waals surface area contributed by atoms with Crippen LogP contribution in [0.3, 0.4) is 0 Å². The van der Waals surface area contributed by atoms with E-state index < -0.39 is 0 Å². The number of rotatable bonds is 6. The molecule has 3 nitrogen and oxygen atoms in total. The minimum Gasteiger partial charge on any atom is -0.487 e. The van der Waals surface area contributed by atoms with Gasteiger partial charge in [-0.3, -0.25) is 0 Å². The first-order chi connectivity index (χ1) is 9.02. The van der Waals surface area contributed by atoms with E-state index in [2.05, 4.69) is 44.3 Å². The lowest BCUT2D eigenvalue weighted by molar-refractivity contribution is 0.137. The van der Waals surface area contributed by atoms with E-state index in [-0.39, 0.29) is 5.60 Å². The molecular weight excluding hydrogens is 238 g/mol. The van der Waals surface area contributed by atoms with E-state index in [4.69, 9.17) is 9.47 Å². The van der Waals surface area contributed by atoms with Crippen molar-refractivity contribution in [1.29, 1.82) is 0 Å². The Hall–Kier alpha value is -1.06. The third kappa shape index (κ3) is 3.71. The van der Waals surface area contributed by atoms with Crippen molar-refractivity contribution in [1.82, 2.24) is 5.32 Å². The molecule has 0 bridgehead atoms. The Bertz CT molecular complexity index is 429. The number of nitrogens with one attached hydrogen (secondary N) is 1. The van der Waals surface area contributed by atoms with Gasteiger partial charge in [0.2, 0.25) is 0 Å². The van der Waals surface area contributed by atoms with E-state index in [9.17, 15) is 0 Å². The van der Waals surface area contributed by atoms with Crippen LogP contribution in [0.1, 0.15) is 38.3 Å². The van der Waals surface area contributed by atoms with E-state index in [1.54, 1.807) is 7.11 Å². The zero-order valence-corrected chi connectivity index (χ0v) is 12.5. The largest absolute Gasteiger partial charge is 0.487 e. The van der Waals surface area contributed by atoms with Gasteiger partial charge in [0.05, 0.1) is 0 Å². The Morgan fingerprint density at radius 3 is 2.95 bits per heavy atom. The Labute approximate surface area is 116 Å². The summed E-state index contributed by atoms with van der Waals surface area (Å²) >= 11 is 0. The zero-order chi connectivity index (χ0) is 13.9. The molecule has 0 aromatic heterocycles. The molecule has 1 atom stereocenters. The molecule has 0 radical (unpaired) electrons. The number of hydrogen-bond acceptors (Lipinski definition) is 3.